The van der Waals surface area contributed by atoms with E-state index in [9.17, 15) is 13.6 Å². The second kappa shape index (κ2) is 6.80. The van der Waals surface area contributed by atoms with E-state index in [1.54, 1.807) is 0 Å². The van der Waals surface area contributed by atoms with Crippen molar-refractivity contribution >= 4 is 28.3 Å². The summed E-state index contributed by atoms with van der Waals surface area (Å²) >= 11 is 1.19. The van der Waals surface area contributed by atoms with Gasteiger partial charge in [-0.25, -0.2) is 13.8 Å². The molecule has 1 aliphatic heterocycles. The molecule has 1 aromatic heterocycles. The van der Waals surface area contributed by atoms with E-state index in [0.717, 1.165) is 29.3 Å². The van der Waals surface area contributed by atoms with E-state index in [1.807, 2.05) is 0 Å². The highest BCUT2D eigenvalue weighted by Gasteiger charge is 2.35. The number of hydrogen-bond acceptors (Lipinski definition) is 5. The molecule has 3 rings (SSSR count). The first-order valence-electron chi connectivity index (χ1n) is 7.80. The maximum Gasteiger partial charge on any atom is 0.249 e. The van der Waals surface area contributed by atoms with E-state index in [0.29, 0.717) is 17.5 Å². The Kier molecular flexibility index (Phi) is 4.75. The van der Waals surface area contributed by atoms with Gasteiger partial charge in [-0.2, -0.15) is 4.37 Å². The summed E-state index contributed by atoms with van der Waals surface area (Å²) in [5.41, 5.74) is -0.287. The lowest BCUT2D eigenvalue weighted by Crippen LogP contribution is -2.34. The molecule has 0 saturated carbocycles. The Labute approximate surface area is 142 Å². The van der Waals surface area contributed by atoms with Gasteiger partial charge in [-0.3, -0.25) is 4.79 Å². The maximum atomic E-state index is 13.9. The molecule has 8 heteroatoms. The Morgan fingerprint density at radius 3 is 2.75 bits per heavy atom. The van der Waals surface area contributed by atoms with Crippen molar-refractivity contribution in [2.75, 3.05) is 16.8 Å². The monoisotopic (exact) mass is 352 g/mol. The summed E-state index contributed by atoms with van der Waals surface area (Å²) in [6.45, 7) is 4.41. The minimum absolute atomic E-state index is 0.256. The number of aromatic nitrogens is 2. The van der Waals surface area contributed by atoms with Crippen molar-refractivity contribution in [2.24, 2.45) is 5.92 Å². The molecule has 1 unspecified atom stereocenters. The summed E-state index contributed by atoms with van der Waals surface area (Å²) in [5, 5.41) is 3.59. The summed E-state index contributed by atoms with van der Waals surface area (Å²) < 4.78 is 32.0. The van der Waals surface area contributed by atoms with Crippen molar-refractivity contribution in [1.82, 2.24) is 9.36 Å². The summed E-state index contributed by atoms with van der Waals surface area (Å²) in [7, 11) is 0. The number of halogens is 2. The van der Waals surface area contributed by atoms with Crippen molar-refractivity contribution < 1.29 is 13.6 Å². The zero-order valence-corrected chi connectivity index (χ0v) is 14.2. The molecule has 128 valence electrons. The molecule has 1 aromatic carbocycles. The molecule has 2 aromatic rings. The van der Waals surface area contributed by atoms with Gasteiger partial charge in [0.1, 0.15) is 29.2 Å². The Hall–Kier alpha value is -2.09. The van der Waals surface area contributed by atoms with Crippen LogP contribution in [0.2, 0.25) is 0 Å². The molecule has 1 aliphatic rings. The van der Waals surface area contributed by atoms with Gasteiger partial charge in [0, 0.05) is 24.5 Å². The molecule has 1 saturated heterocycles. The van der Waals surface area contributed by atoms with E-state index in [4.69, 9.17) is 0 Å². The fraction of sp³-hybridized carbons (Fsp3) is 0.438. The first-order valence-corrected chi connectivity index (χ1v) is 8.57. The number of carbonyl (C=O) groups excluding carboxylic acids is 1. The molecule has 0 radical (unpaired) electrons. The SMILES string of the molecule is CC(C)Cc1nsc(NC2CCN(c3c(F)cccc3F)C2=O)n1. The first kappa shape index (κ1) is 16.8. The summed E-state index contributed by atoms with van der Waals surface area (Å²) in [5.74, 6) is -0.655. The highest BCUT2D eigenvalue weighted by atomic mass is 32.1. The summed E-state index contributed by atoms with van der Waals surface area (Å²) in [6.07, 6.45) is 1.22. The van der Waals surface area contributed by atoms with Crippen LogP contribution in [0.4, 0.5) is 19.6 Å². The Balaban J connectivity index is 1.71. The second-order valence-corrected chi connectivity index (χ2v) is 6.91. The quantitative estimate of drug-likeness (QED) is 0.898. The standard InChI is InChI=1S/C16H18F2N4OS/c1-9(2)8-13-20-16(24-21-13)19-12-6-7-22(15(12)23)14-10(17)4-3-5-11(14)18/h3-5,9,12H,6-8H2,1-2H3,(H,19,20,21). The minimum atomic E-state index is -0.737. The van der Waals surface area contributed by atoms with Gasteiger partial charge >= 0.3 is 0 Å². The van der Waals surface area contributed by atoms with Gasteiger partial charge < -0.3 is 10.2 Å². The van der Waals surface area contributed by atoms with Crippen LogP contribution in [0, 0.1) is 17.6 Å². The van der Waals surface area contributed by atoms with E-state index >= 15 is 0 Å². The van der Waals surface area contributed by atoms with Crippen LogP contribution in [0.5, 0.6) is 0 Å². The van der Waals surface area contributed by atoms with Crippen LogP contribution in [-0.4, -0.2) is 27.9 Å². The Morgan fingerprint density at radius 1 is 1.38 bits per heavy atom. The van der Waals surface area contributed by atoms with Crippen molar-refractivity contribution in [2.45, 2.75) is 32.7 Å². The zero-order valence-electron chi connectivity index (χ0n) is 13.4. The van der Waals surface area contributed by atoms with Gasteiger partial charge in [-0.1, -0.05) is 19.9 Å². The lowest BCUT2D eigenvalue weighted by atomic mass is 10.1. The van der Waals surface area contributed by atoms with Crippen LogP contribution < -0.4 is 10.2 Å². The third kappa shape index (κ3) is 3.38. The number of nitrogens with zero attached hydrogens (tertiary/aromatic N) is 3. The molecule has 1 atom stereocenters. The lowest BCUT2D eigenvalue weighted by molar-refractivity contribution is -0.117. The molecule has 2 heterocycles. The molecule has 1 N–H and O–H groups in total. The number of rotatable bonds is 5. The van der Waals surface area contributed by atoms with Crippen molar-refractivity contribution in [3.05, 3.63) is 35.7 Å². The van der Waals surface area contributed by atoms with E-state index in [-0.39, 0.29) is 18.1 Å². The average molecular weight is 352 g/mol. The molecule has 0 spiro atoms. The normalized spacial score (nSPS) is 17.8. The van der Waals surface area contributed by atoms with Crippen molar-refractivity contribution in [3.63, 3.8) is 0 Å². The average Bonchev–Trinajstić information content (AvgIpc) is 3.08. The van der Waals surface area contributed by atoms with Crippen LogP contribution in [-0.2, 0) is 11.2 Å². The smallest absolute Gasteiger partial charge is 0.249 e. The molecular weight excluding hydrogens is 334 g/mol. The molecule has 1 amide bonds. The largest absolute Gasteiger partial charge is 0.348 e. The number of anilines is 2. The van der Waals surface area contributed by atoms with Crippen LogP contribution in [0.15, 0.2) is 18.2 Å². The van der Waals surface area contributed by atoms with Gasteiger partial charge in [0.2, 0.25) is 11.0 Å². The van der Waals surface area contributed by atoms with Crippen LogP contribution in [0.3, 0.4) is 0 Å². The molecule has 5 nitrogen and oxygen atoms in total. The van der Waals surface area contributed by atoms with Crippen LogP contribution in [0.1, 0.15) is 26.1 Å². The molecule has 24 heavy (non-hydrogen) atoms. The van der Waals surface area contributed by atoms with Gasteiger partial charge in [0.15, 0.2) is 0 Å². The first-order chi connectivity index (χ1) is 11.5. The number of hydrogen-bond donors (Lipinski definition) is 1. The Bertz CT molecular complexity index is 729. The minimum Gasteiger partial charge on any atom is -0.348 e. The summed E-state index contributed by atoms with van der Waals surface area (Å²) in [4.78, 5) is 18.0. The van der Waals surface area contributed by atoms with Crippen LogP contribution >= 0.6 is 11.5 Å². The highest BCUT2D eigenvalue weighted by Crippen LogP contribution is 2.29. The zero-order chi connectivity index (χ0) is 17.3. The van der Waals surface area contributed by atoms with Gasteiger partial charge in [0.25, 0.3) is 0 Å². The number of nitrogens with one attached hydrogen (secondary N) is 1. The predicted octanol–water partition coefficient (Wildman–Crippen LogP) is 3.23. The number of para-hydroxylation sites is 1. The lowest BCUT2D eigenvalue weighted by Gasteiger charge is -2.18. The number of amides is 1. The topological polar surface area (TPSA) is 58.1 Å². The predicted molar refractivity (Wildman–Crippen MR) is 89.2 cm³/mol. The second-order valence-electron chi connectivity index (χ2n) is 6.16. The van der Waals surface area contributed by atoms with Crippen LogP contribution in [0.25, 0.3) is 0 Å². The fourth-order valence-electron chi connectivity index (χ4n) is 2.69. The van der Waals surface area contributed by atoms with Gasteiger partial charge in [-0.05, 0) is 24.5 Å². The highest BCUT2D eigenvalue weighted by molar-refractivity contribution is 7.09. The van der Waals surface area contributed by atoms with Gasteiger partial charge in [0.05, 0.1) is 0 Å². The maximum absolute atomic E-state index is 13.9. The molecule has 0 bridgehead atoms. The van der Waals surface area contributed by atoms with E-state index in [1.165, 1.54) is 17.6 Å². The molecule has 1 fully saturated rings. The molecule has 0 aliphatic carbocycles. The van der Waals surface area contributed by atoms with Crippen molar-refractivity contribution in [3.8, 4) is 0 Å². The number of carbonyl (C=O) groups is 1. The fourth-order valence-corrected chi connectivity index (χ4v) is 3.34. The summed E-state index contributed by atoms with van der Waals surface area (Å²) in [6, 6.07) is 3.02. The Morgan fingerprint density at radius 2 is 2.08 bits per heavy atom. The number of benzene rings is 1. The van der Waals surface area contributed by atoms with Gasteiger partial charge in [-0.15, -0.1) is 0 Å². The van der Waals surface area contributed by atoms with E-state index in [2.05, 4.69) is 28.5 Å². The molecular formula is C16H18F2N4OS. The van der Waals surface area contributed by atoms with E-state index < -0.39 is 17.7 Å². The van der Waals surface area contributed by atoms with Crippen molar-refractivity contribution in [1.29, 1.82) is 0 Å². The third-order valence-electron chi connectivity index (χ3n) is 3.77. The third-order valence-corrected chi connectivity index (χ3v) is 4.45.